The molecule has 0 heterocycles. The molecule has 5 rings (SSSR count). The van der Waals surface area contributed by atoms with E-state index in [-0.39, 0.29) is 5.41 Å². The van der Waals surface area contributed by atoms with Crippen molar-refractivity contribution in [3.63, 3.8) is 0 Å². The van der Waals surface area contributed by atoms with E-state index in [2.05, 4.69) is 81.2 Å². The van der Waals surface area contributed by atoms with Crippen LogP contribution in [0, 0.1) is 17.3 Å². The number of Topliss-reactive ketones (excluding diaryl/α,β-unsaturated/α-hetero) is 1. The molecule has 164 valence electrons. The van der Waals surface area contributed by atoms with E-state index < -0.39 is 0 Å². The summed E-state index contributed by atoms with van der Waals surface area (Å²) in [5.74, 6) is 3.39. The molecule has 4 heteroatoms. The molecule has 31 heavy (non-hydrogen) atoms. The van der Waals surface area contributed by atoms with E-state index in [4.69, 9.17) is 4.74 Å². The van der Waals surface area contributed by atoms with Crippen LogP contribution in [0.1, 0.15) is 72.0 Å². The number of aryl methyl sites for hydroxylation is 1. The number of fused-ring (bicyclic) bond motifs is 5. The highest BCUT2D eigenvalue weighted by Crippen LogP contribution is 2.59. The lowest BCUT2D eigenvalue weighted by Crippen LogP contribution is -2.42. The van der Waals surface area contributed by atoms with Crippen LogP contribution in [0.4, 0.5) is 0 Å². The van der Waals surface area contributed by atoms with E-state index in [9.17, 15) is 4.79 Å². The maximum Gasteiger partial charge on any atom is 0.139 e. The van der Waals surface area contributed by atoms with Crippen molar-refractivity contribution < 1.29 is 9.53 Å². The summed E-state index contributed by atoms with van der Waals surface area (Å²) in [5, 5.41) is 0.899. The van der Waals surface area contributed by atoms with Crippen LogP contribution in [0.3, 0.4) is 0 Å². The molecule has 0 spiro atoms. The zero-order valence-electron chi connectivity index (χ0n) is 18.1. The lowest BCUT2D eigenvalue weighted by molar-refractivity contribution is -0.129. The van der Waals surface area contributed by atoms with Crippen LogP contribution in [0.2, 0.25) is 0 Å². The lowest BCUT2D eigenvalue weighted by Gasteiger charge is -2.48. The summed E-state index contributed by atoms with van der Waals surface area (Å²) >= 11 is 7.18. The molecule has 2 aromatic rings. The Kier molecular flexibility index (Phi) is 6.07. The molecule has 0 saturated heterocycles. The van der Waals surface area contributed by atoms with Gasteiger partial charge in [0.1, 0.15) is 18.1 Å². The van der Waals surface area contributed by atoms with Crippen molar-refractivity contribution in [2.75, 3.05) is 5.33 Å². The van der Waals surface area contributed by atoms with Gasteiger partial charge in [0.15, 0.2) is 0 Å². The molecule has 3 aliphatic carbocycles. The van der Waals surface area contributed by atoms with Crippen LogP contribution in [0.5, 0.6) is 5.75 Å². The minimum Gasteiger partial charge on any atom is -0.489 e. The van der Waals surface area contributed by atoms with Gasteiger partial charge in [0.2, 0.25) is 0 Å². The Balaban J connectivity index is 1.27. The van der Waals surface area contributed by atoms with Crippen molar-refractivity contribution in [2.45, 2.75) is 62.8 Å². The van der Waals surface area contributed by atoms with Crippen LogP contribution in [-0.4, -0.2) is 11.1 Å². The summed E-state index contributed by atoms with van der Waals surface area (Å²) in [6, 6.07) is 15.4. The van der Waals surface area contributed by atoms with Gasteiger partial charge >= 0.3 is 0 Å². The van der Waals surface area contributed by atoms with Crippen LogP contribution < -0.4 is 4.74 Å². The third-order valence-corrected chi connectivity index (χ3v) is 10.7. The quantitative estimate of drug-likeness (QED) is 0.363. The Morgan fingerprint density at radius 3 is 2.68 bits per heavy atom. The average molecular weight is 546 g/mol. The molecule has 3 aliphatic rings. The molecular formula is C27H30Br2O2. The van der Waals surface area contributed by atoms with Gasteiger partial charge in [-0.3, -0.25) is 4.79 Å². The van der Waals surface area contributed by atoms with Crippen molar-refractivity contribution in [1.82, 2.24) is 0 Å². The number of hydrogen-bond acceptors (Lipinski definition) is 2. The molecule has 0 amide bonds. The summed E-state index contributed by atoms with van der Waals surface area (Å²) in [4.78, 5) is 12.9. The summed E-state index contributed by atoms with van der Waals surface area (Å²) in [6.45, 7) is 2.84. The van der Waals surface area contributed by atoms with Gasteiger partial charge in [-0.1, -0.05) is 69.1 Å². The summed E-state index contributed by atoms with van der Waals surface area (Å²) < 4.78 is 6.15. The number of alkyl halides is 2. The first-order valence-electron chi connectivity index (χ1n) is 11.6. The maximum atomic E-state index is 12.5. The zero-order valence-corrected chi connectivity index (χ0v) is 21.3. The summed E-state index contributed by atoms with van der Waals surface area (Å²) in [5.41, 5.74) is 5.40. The first-order chi connectivity index (χ1) is 15.0. The topological polar surface area (TPSA) is 26.3 Å². The van der Waals surface area contributed by atoms with E-state index in [1.165, 1.54) is 28.7 Å². The van der Waals surface area contributed by atoms with E-state index in [1.807, 2.05) is 0 Å². The number of rotatable bonds is 5. The number of benzene rings is 2. The van der Waals surface area contributed by atoms with Crippen molar-refractivity contribution in [3.05, 3.63) is 64.7 Å². The third-order valence-electron chi connectivity index (χ3n) is 8.29. The van der Waals surface area contributed by atoms with Gasteiger partial charge in [0.25, 0.3) is 0 Å². The SMILES string of the molecule is C[C@]12CC[C@@H]3c4ccc(OCc5ccc(C(Br)CBr)cc5)cc4CC[C@H]3[C@@H]1CCC2=O. The monoisotopic (exact) mass is 544 g/mol. The molecule has 2 saturated carbocycles. The maximum absolute atomic E-state index is 12.5. The largest absolute Gasteiger partial charge is 0.489 e. The second kappa shape index (κ2) is 8.67. The fourth-order valence-corrected chi connectivity index (χ4v) is 7.18. The molecule has 5 atom stereocenters. The van der Waals surface area contributed by atoms with E-state index in [0.717, 1.165) is 43.2 Å². The molecule has 2 nitrogen and oxygen atoms in total. The predicted molar refractivity (Wildman–Crippen MR) is 132 cm³/mol. The fourth-order valence-electron chi connectivity index (χ4n) is 6.50. The van der Waals surface area contributed by atoms with Gasteiger partial charge in [0.05, 0.1) is 0 Å². The number of carbonyl (C=O) groups excluding carboxylic acids is 1. The van der Waals surface area contributed by atoms with Crippen molar-refractivity contribution >= 4 is 37.6 Å². The molecule has 2 fully saturated rings. The molecule has 0 N–H and O–H groups in total. The van der Waals surface area contributed by atoms with Gasteiger partial charge in [-0.05, 0) is 84.2 Å². The van der Waals surface area contributed by atoms with Gasteiger partial charge in [0, 0.05) is 22.0 Å². The van der Waals surface area contributed by atoms with Gasteiger partial charge in [-0.25, -0.2) is 0 Å². The molecule has 0 bridgehead atoms. The molecular weight excluding hydrogens is 516 g/mol. The first-order valence-corrected chi connectivity index (χ1v) is 13.6. The summed E-state index contributed by atoms with van der Waals surface area (Å²) in [6.07, 6.45) is 6.47. The van der Waals surface area contributed by atoms with E-state index >= 15 is 0 Å². The van der Waals surface area contributed by atoms with Crippen molar-refractivity contribution in [1.29, 1.82) is 0 Å². The highest BCUT2D eigenvalue weighted by molar-refractivity contribution is 9.12. The third kappa shape index (κ3) is 3.93. The number of halogens is 2. The first kappa shape index (κ1) is 21.7. The highest BCUT2D eigenvalue weighted by Gasteiger charge is 2.54. The Morgan fingerprint density at radius 1 is 1.10 bits per heavy atom. The predicted octanol–water partition coefficient (Wildman–Crippen LogP) is 7.52. The Labute approximate surface area is 202 Å². The minimum atomic E-state index is -0.0410. The number of carbonyl (C=O) groups is 1. The van der Waals surface area contributed by atoms with Crippen LogP contribution in [0.25, 0.3) is 0 Å². The van der Waals surface area contributed by atoms with Crippen LogP contribution in [-0.2, 0) is 17.8 Å². The normalized spacial score (nSPS) is 30.3. The Bertz CT molecular complexity index is 970. The smallest absolute Gasteiger partial charge is 0.139 e. The Hall–Kier alpha value is -1.13. The van der Waals surface area contributed by atoms with E-state index in [1.54, 1.807) is 0 Å². The summed E-state index contributed by atoms with van der Waals surface area (Å²) in [7, 11) is 0. The molecule has 0 aromatic heterocycles. The van der Waals surface area contributed by atoms with Gasteiger partial charge in [-0.2, -0.15) is 0 Å². The number of ether oxygens (including phenoxy) is 1. The number of hydrogen-bond donors (Lipinski definition) is 0. The molecule has 0 aliphatic heterocycles. The highest BCUT2D eigenvalue weighted by atomic mass is 79.9. The fraction of sp³-hybridized carbons (Fsp3) is 0.519. The molecule has 0 radical (unpaired) electrons. The van der Waals surface area contributed by atoms with Gasteiger partial charge in [-0.15, -0.1) is 0 Å². The lowest BCUT2D eigenvalue weighted by atomic mass is 9.55. The second-order valence-electron chi connectivity index (χ2n) is 9.85. The average Bonchev–Trinajstić information content (AvgIpc) is 3.11. The van der Waals surface area contributed by atoms with Crippen molar-refractivity contribution in [2.24, 2.45) is 17.3 Å². The Morgan fingerprint density at radius 2 is 1.90 bits per heavy atom. The molecule has 1 unspecified atom stereocenters. The minimum absolute atomic E-state index is 0.0410. The van der Waals surface area contributed by atoms with Crippen molar-refractivity contribution in [3.8, 4) is 5.75 Å². The zero-order chi connectivity index (χ0) is 21.6. The number of ketones is 1. The van der Waals surface area contributed by atoms with Gasteiger partial charge < -0.3 is 4.74 Å². The standard InChI is InChI=1S/C27H30Br2O2/c1-27-13-12-22-21-9-7-20(31-16-17-2-4-18(5-3-17)25(29)15-28)14-19(21)6-8-23(22)24(27)10-11-26(27)30/h2-5,7,9,14,22-25H,6,8,10-13,15-16H2,1H3/t22-,23-,24+,25?,27+/m1/s1. The second-order valence-corrected chi connectivity index (χ2v) is 11.6. The molecule has 2 aromatic carbocycles. The van der Waals surface area contributed by atoms with Crippen LogP contribution in [0.15, 0.2) is 42.5 Å². The van der Waals surface area contributed by atoms with E-state index in [0.29, 0.717) is 35.0 Å². The van der Waals surface area contributed by atoms with Crippen LogP contribution >= 0.6 is 31.9 Å².